The molecule has 8 heteroatoms. The fourth-order valence-corrected chi connectivity index (χ4v) is 3.69. The SMILES string of the molecule is CNC(=O)c1cnc(NC2CC3(CCN(C(=O)OC(C)(C)C)C3)C2)nc1. The van der Waals surface area contributed by atoms with Crippen molar-refractivity contribution in [2.75, 3.05) is 25.5 Å². The summed E-state index contributed by atoms with van der Waals surface area (Å²) in [6.07, 6.45) is 5.77. The van der Waals surface area contributed by atoms with Gasteiger partial charge in [-0.15, -0.1) is 0 Å². The molecule has 3 rings (SSSR count). The van der Waals surface area contributed by atoms with Gasteiger partial charge in [0.25, 0.3) is 5.91 Å². The van der Waals surface area contributed by atoms with Gasteiger partial charge in [0.1, 0.15) is 5.60 Å². The Balaban J connectivity index is 1.48. The van der Waals surface area contributed by atoms with Crippen LogP contribution in [0.4, 0.5) is 10.7 Å². The minimum atomic E-state index is -0.464. The van der Waals surface area contributed by atoms with E-state index in [2.05, 4.69) is 20.6 Å². The van der Waals surface area contributed by atoms with Crippen molar-refractivity contribution in [3.8, 4) is 0 Å². The predicted molar refractivity (Wildman–Crippen MR) is 96.9 cm³/mol. The molecule has 1 spiro atoms. The maximum Gasteiger partial charge on any atom is 0.410 e. The molecule has 1 aliphatic heterocycles. The van der Waals surface area contributed by atoms with Gasteiger partial charge in [-0.05, 0) is 45.4 Å². The minimum Gasteiger partial charge on any atom is -0.444 e. The molecule has 2 fully saturated rings. The number of amides is 2. The lowest BCUT2D eigenvalue weighted by atomic mass is 9.65. The monoisotopic (exact) mass is 361 g/mol. The van der Waals surface area contributed by atoms with Gasteiger partial charge in [0.2, 0.25) is 5.95 Å². The highest BCUT2D eigenvalue weighted by molar-refractivity contribution is 5.93. The van der Waals surface area contributed by atoms with Crippen LogP contribution in [-0.4, -0.2) is 58.6 Å². The summed E-state index contributed by atoms with van der Waals surface area (Å²) >= 11 is 0. The zero-order valence-corrected chi connectivity index (χ0v) is 15.8. The number of carbonyl (C=O) groups excluding carboxylic acids is 2. The van der Waals surface area contributed by atoms with Crippen LogP contribution in [0.3, 0.4) is 0 Å². The predicted octanol–water partition coefficient (Wildman–Crippen LogP) is 2.04. The van der Waals surface area contributed by atoms with Crippen LogP contribution in [-0.2, 0) is 4.74 Å². The van der Waals surface area contributed by atoms with Gasteiger partial charge in [-0.2, -0.15) is 0 Å². The van der Waals surface area contributed by atoms with Crippen molar-refractivity contribution >= 4 is 17.9 Å². The Labute approximate surface area is 153 Å². The van der Waals surface area contributed by atoms with E-state index in [1.54, 1.807) is 7.05 Å². The highest BCUT2D eigenvalue weighted by Gasteiger charge is 2.50. The molecule has 1 aliphatic carbocycles. The molecule has 1 saturated carbocycles. The van der Waals surface area contributed by atoms with Crippen molar-refractivity contribution in [3.05, 3.63) is 18.0 Å². The number of carbonyl (C=O) groups is 2. The summed E-state index contributed by atoms with van der Waals surface area (Å²) in [6.45, 7) is 7.15. The molecule has 2 aliphatic rings. The number of hydrogen-bond donors (Lipinski definition) is 2. The first-order valence-electron chi connectivity index (χ1n) is 8.98. The largest absolute Gasteiger partial charge is 0.444 e. The van der Waals surface area contributed by atoms with Crippen LogP contribution in [0.5, 0.6) is 0 Å². The zero-order chi connectivity index (χ0) is 18.9. The highest BCUT2D eigenvalue weighted by Crippen LogP contribution is 2.49. The second kappa shape index (κ2) is 6.74. The molecule has 0 unspecified atom stereocenters. The molecule has 1 aromatic heterocycles. The second-order valence-corrected chi connectivity index (χ2v) is 8.28. The minimum absolute atomic E-state index is 0.177. The molecular formula is C18H27N5O3. The fourth-order valence-electron chi connectivity index (χ4n) is 3.69. The summed E-state index contributed by atoms with van der Waals surface area (Å²) in [7, 11) is 1.57. The Morgan fingerprint density at radius 2 is 1.92 bits per heavy atom. The summed E-state index contributed by atoms with van der Waals surface area (Å²) in [4.78, 5) is 33.9. The molecule has 2 N–H and O–H groups in total. The quantitative estimate of drug-likeness (QED) is 0.855. The summed E-state index contributed by atoms with van der Waals surface area (Å²) in [5.74, 6) is 0.326. The van der Waals surface area contributed by atoms with Gasteiger partial charge in [-0.3, -0.25) is 4.79 Å². The third-order valence-electron chi connectivity index (χ3n) is 4.92. The molecule has 2 amide bonds. The molecule has 26 heavy (non-hydrogen) atoms. The van der Waals surface area contributed by atoms with E-state index in [1.807, 2.05) is 25.7 Å². The molecule has 0 atom stereocenters. The van der Waals surface area contributed by atoms with Crippen molar-refractivity contribution in [3.63, 3.8) is 0 Å². The van der Waals surface area contributed by atoms with E-state index < -0.39 is 5.60 Å². The van der Waals surface area contributed by atoms with Crippen molar-refractivity contribution < 1.29 is 14.3 Å². The molecule has 2 heterocycles. The van der Waals surface area contributed by atoms with E-state index in [1.165, 1.54) is 12.4 Å². The van der Waals surface area contributed by atoms with E-state index in [9.17, 15) is 9.59 Å². The Morgan fingerprint density at radius 3 is 2.50 bits per heavy atom. The van der Waals surface area contributed by atoms with E-state index in [-0.39, 0.29) is 17.4 Å². The highest BCUT2D eigenvalue weighted by atomic mass is 16.6. The van der Waals surface area contributed by atoms with Crippen molar-refractivity contribution in [1.29, 1.82) is 0 Å². The Hall–Kier alpha value is -2.38. The average molecular weight is 361 g/mol. The number of rotatable bonds is 3. The van der Waals surface area contributed by atoms with E-state index in [0.29, 0.717) is 17.6 Å². The lowest BCUT2D eigenvalue weighted by Gasteiger charge is -2.45. The first-order valence-corrected chi connectivity index (χ1v) is 8.98. The number of aromatic nitrogens is 2. The van der Waals surface area contributed by atoms with Crippen LogP contribution >= 0.6 is 0 Å². The summed E-state index contributed by atoms with van der Waals surface area (Å²) in [6, 6.07) is 0.291. The Bertz CT molecular complexity index is 677. The standard InChI is InChI=1S/C18H27N5O3/c1-17(2,3)26-16(25)23-6-5-18(11-23)7-13(8-18)22-15-20-9-12(10-21-15)14(24)19-4/h9-10,13H,5-8,11H2,1-4H3,(H,19,24)(H,20,21,22). The van der Waals surface area contributed by atoms with Gasteiger partial charge in [0, 0.05) is 38.6 Å². The van der Waals surface area contributed by atoms with Crippen LogP contribution < -0.4 is 10.6 Å². The summed E-state index contributed by atoms with van der Waals surface area (Å²) in [5.41, 5.74) is 0.151. The van der Waals surface area contributed by atoms with E-state index >= 15 is 0 Å². The molecule has 0 bridgehead atoms. The summed E-state index contributed by atoms with van der Waals surface area (Å²) in [5, 5.41) is 5.85. The number of likely N-dealkylation sites (tertiary alicyclic amines) is 1. The molecular weight excluding hydrogens is 334 g/mol. The van der Waals surface area contributed by atoms with E-state index in [4.69, 9.17) is 4.74 Å². The average Bonchev–Trinajstić information content (AvgIpc) is 2.98. The topological polar surface area (TPSA) is 96.5 Å². The van der Waals surface area contributed by atoms with Crippen LogP contribution in [0.1, 0.15) is 50.4 Å². The molecule has 0 radical (unpaired) electrons. The van der Waals surface area contributed by atoms with Crippen molar-refractivity contribution in [1.82, 2.24) is 20.2 Å². The van der Waals surface area contributed by atoms with Gasteiger partial charge in [0.05, 0.1) is 5.56 Å². The maximum absolute atomic E-state index is 12.2. The fraction of sp³-hybridized carbons (Fsp3) is 0.667. The van der Waals surface area contributed by atoms with Gasteiger partial charge in [-0.1, -0.05) is 0 Å². The zero-order valence-electron chi connectivity index (χ0n) is 15.8. The van der Waals surface area contributed by atoms with Gasteiger partial charge < -0.3 is 20.3 Å². The third-order valence-corrected chi connectivity index (χ3v) is 4.92. The number of anilines is 1. The Morgan fingerprint density at radius 1 is 1.27 bits per heavy atom. The lowest BCUT2D eigenvalue weighted by Crippen LogP contribution is -2.47. The number of nitrogens with one attached hydrogen (secondary N) is 2. The number of ether oxygens (including phenoxy) is 1. The first kappa shape index (κ1) is 18.4. The molecule has 8 nitrogen and oxygen atoms in total. The van der Waals surface area contributed by atoms with E-state index in [0.717, 1.165) is 32.4 Å². The number of nitrogens with zero attached hydrogens (tertiary/aromatic N) is 3. The molecule has 0 aromatic carbocycles. The number of hydrogen-bond acceptors (Lipinski definition) is 6. The third kappa shape index (κ3) is 4.05. The molecule has 1 aromatic rings. The van der Waals surface area contributed by atoms with Crippen LogP contribution in [0.25, 0.3) is 0 Å². The van der Waals surface area contributed by atoms with Crippen LogP contribution in [0.15, 0.2) is 12.4 Å². The first-order chi connectivity index (χ1) is 12.2. The van der Waals surface area contributed by atoms with Crippen LogP contribution in [0, 0.1) is 5.41 Å². The molecule has 1 saturated heterocycles. The van der Waals surface area contributed by atoms with Crippen molar-refractivity contribution in [2.24, 2.45) is 5.41 Å². The molecule has 142 valence electrons. The van der Waals surface area contributed by atoms with Crippen LogP contribution in [0.2, 0.25) is 0 Å². The van der Waals surface area contributed by atoms with Gasteiger partial charge in [0.15, 0.2) is 0 Å². The van der Waals surface area contributed by atoms with Crippen molar-refractivity contribution in [2.45, 2.75) is 51.7 Å². The summed E-state index contributed by atoms with van der Waals surface area (Å²) < 4.78 is 5.46. The maximum atomic E-state index is 12.2. The lowest BCUT2D eigenvalue weighted by molar-refractivity contribution is 0.0237. The van der Waals surface area contributed by atoms with Gasteiger partial charge >= 0.3 is 6.09 Å². The Kier molecular flexibility index (Phi) is 4.77. The smallest absolute Gasteiger partial charge is 0.410 e. The van der Waals surface area contributed by atoms with Gasteiger partial charge in [-0.25, -0.2) is 14.8 Å². The normalized spacial score (nSPS) is 24.9. The second-order valence-electron chi connectivity index (χ2n) is 8.28.